The van der Waals surface area contributed by atoms with E-state index in [1.165, 1.54) is 16.5 Å². The maximum atomic E-state index is 14.0. The van der Waals surface area contributed by atoms with Crippen molar-refractivity contribution in [2.45, 2.75) is 39.8 Å². The van der Waals surface area contributed by atoms with E-state index in [9.17, 15) is 14.4 Å². The SMILES string of the molecule is CC(=O)c1cccc(N(C(=O)Cn2nnc3ccccc32)C(C(=O)NCCC(C)C)c2cccnc2)c1. The van der Waals surface area contributed by atoms with Gasteiger partial charge in [0.2, 0.25) is 11.8 Å². The van der Waals surface area contributed by atoms with Gasteiger partial charge in [-0.25, -0.2) is 4.68 Å². The zero-order chi connectivity index (χ0) is 26.4. The Bertz CT molecular complexity index is 1400. The van der Waals surface area contributed by atoms with Crippen LogP contribution in [0.4, 0.5) is 5.69 Å². The van der Waals surface area contributed by atoms with E-state index < -0.39 is 6.04 Å². The molecule has 0 aliphatic rings. The summed E-state index contributed by atoms with van der Waals surface area (Å²) in [6, 6.07) is 16.6. The Kier molecular flexibility index (Phi) is 8.02. The zero-order valence-electron chi connectivity index (χ0n) is 21.2. The highest BCUT2D eigenvalue weighted by Gasteiger charge is 2.33. The molecule has 1 N–H and O–H groups in total. The van der Waals surface area contributed by atoms with Crippen molar-refractivity contribution >= 4 is 34.3 Å². The number of pyridine rings is 1. The van der Waals surface area contributed by atoms with E-state index in [0.717, 1.165) is 6.42 Å². The van der Waals surface area contributed by atoms with Gasteiger partial charge in [0, 0.05) is 35.8 Å². The van der Waals surface area contributed by atoms with Crippen LogP contribution in [-0.4, -0.2) is 44.1 Å². The number of rotatable bonds is 10. The molecule has 1 unspecified atom stereocenters. The Labute approximate surface area is 215 Å². The second-order valence-corrected chi connectivity index (χ2v) is 9.27. The van der Waals surface area contributed by atoms with Crippen LogP contribution in [0.25, 0.3) is 11.0 Å². The molecule has 0 saturated carbocycles. The number of carbonyl (C=O) groups excluding carboxylic acids is 3. The van der Waals surface area contributed by atoms with E-state index in [0.29, 0.717) is 40.3 Å². The van der Waals surface area contributed by atoms with Crippen LogP contribution in [0.3, 0.4) is 0 Å². The fourth-order valence-corrected chi connectivity index (χ4v) is 4.09. The molecule has 9 nitrogen and oxygen atoms in total. The predicted octanol–water partition coefficient (Wildman–Crippen LogP) is 3.97. The van der Waals surface area contributed by atoms with Crippen molar-refractivity contribution in [3.8, 4) is 0 Å². The molecule has 0 aliphatic heterocycles. The second-order valence-electron chi connectivity index (χ2n) is 9.27. The number of hydrogen-bond acceptors (Lipinski definition) is 6. The zero-order valence-corrected chi connectivity index (χ0v) is 21.2. The maximum Gasteiger partial charge on any atom is 0.249 e. The van der Waals surface area contributed by atoms with Gasteiger partial charge in [-0.3, -0.25) is 24.3 Å². The summed E-state index contributed by atoms with van der Waals surface area (Å²) >= 11 is 0. The number of aromatic nitrogens is 4. The van der Waals surface area contributed by atoms with E-state index >= 15 is 0 Å². The average Bonchev–Trinajstić information content (AvgIpc) is 3.30. The van der Waals surface area contributed by atoms with Gasteiger partial charge in [0.25, 0.3) is 0 Å². The van der Waals surface area contributed by atoms with E-state index in [-0.39, 0.29) is 24.1 Å². The van der Waals surface area contributed by atoms with Crippen molar-refractivity contribution in [2.24, 2.45) is 5.92 Å². The summed E-state index contributed by atoms with van der Waals surface area (Å²) in [5.41, 5.74) is 2.78. The molecular weight excluding hydrogens is 468 g/mol. The number of carbonyl (C=O) groups is 3. The van der Waals surface area contributed by atoms with Crippen LogP contribution in [0.1, 0.15) is 49.2 Å². The molecule has 190 valence electrons. The molecule has 4 aromatic rings. The second kappa shape index (κ2) is 11.6. The number of fused-ring (bicyclic) bond motifs is 1. The summed E-state index contributed by atoms with van der Waals surface area (Å²) in [6.45, 7) is 5.94. The number of nitrogens with zero attached hydrogens (tertiary/aromatic N) is 5. The monoisotopic (exact) mass is 498 g/mol. The summed E-state index contributed by atoms with van der Waals surface area (Å²) in [5, 5.41) is 11.3. The molecule has 1 atom stereocenters. The van der Waals surface area contributed by atoms with Gasteiger partial charge in [-0.15, -0.1) is 5.10 Å². The normalized spacial score (nSPS) is 11.9. The van der Waals surface area contributed by atoms with Crippen molar-refractivity contribution in [1.82, 2.24) is 25.3 Å². The maximum absolute atomic E-state index is 14.0. The summed E-state index contributed by atoms with van der Waals surface area (Å²) < 4.78 is 1.51. The molecule has 0 aliphatic carbocycles. The van der Waals surface area contributed by atoms with Gasteiger partial charge in [0.05, 0.1) is 5.52 Å². The minimum Gasteiger partial charge on any atom is -0.354 e. The number of anilines is 1. The Morgan fingerprint density at radius 2 is 1.84 bits per heavy atom. The van der Waals surface area contributed by atoms with E-state index in [2.05, 4.69) is 34.5 Å². The van der Waals surface area contributed by atoms with Crippen LogP contribution in [0, 0.1) is 5.92 Å². The van der Waals surface area contributed by atoms with Crippen molar-refractivity contribution in [3.63, 3.8) is 0 Å². The standard InChI is InChI=1S/C28H30N6O3/c1-19(2)13-15-30-28(37)27(22-9-7-14-29-17-22)34(23-10-6-8-21(16-23)20(3)35)26(36)18-33-25-12-5-4-11-24(25)31-32-33/h4-12,14,16-17,19,27H,13,15,18H2,1-3H3,(H,30,37). The first-order valence-corrected chi connectivity index (χ1v) is 12.2. The van der Waals surface area contributed by atoms with Crippen LogP contribution < -0.4 is 10.2 Å². The lowest BCUT2D eigenvalue weighted by molar-refractivity contribution is -0.127. The fraction of sp³-hybridized carbons (Fsp3) is 0.286. The lowest BCUT2D eigenvalue weighted by atomic mass is 10.0. The van der Waals surface area contributed by atoms with Gasteiger partial charge in [-0.1, -0.05) is 49.4 Å². The van der Waals surface area contributed by atoms with E-state index in [4.69, 9.17) is 0 Å². The predicted molar refractivity (Wildman–Crippen MR) is 141 cm³/mol. The number of benzene rings is 2. The largest absolute Gasteiger partial charge is 0.354 e. The molecule has 0 fully saturated rings. The highest BCUT2D eigenvalue weighted by Crippen LogP contribution is 2.29. The first-order valence-electron chi connectivity index (χ1n) is 12.2. The van der Waals surface area contributed by atoms with E-state index in [1.54, 1.807) is 48.8 Å². The van der Waals surface area contributed by atoms with Crippen molar-refractivity contribution in [1.29, 1.82) is 0 Å². The van der Waals surface area contributed by atoms with Crippen LogP contribution in [0.2, 0.25) is 0 Å². The molecular formula is C28H30N6O3. The Morgan fingerprint density at radius 1 is 1.03 bits per heavy atom. The van der Waals surface area contributed by atoms with Crippen LogP contribution in [-0.2, 0) is 16.1 Å². The van der Waals surface area contributed by atoms with Crippen LogP contribution >= 0.6 is 0 Å². The Balaban J connectivity index is 1.78. The molecule has 9 heteroatoms. The van der Waals surface area contributed by atoms with Crippen molar-refractivity contribution in [2.75, 3.05) is 11.4 Å². The molecule has 2 aromatic heterocycles. The molecule has 4 rings (SSSR count). The summed E-state index contributed by atoms with van der Waals surface area (Å²) in [6.07, 6.45) is 3.98. The highest BCUT2D eigenvalue weighted by molar-refractivity contribution is 6.03. The lowest BCUT2D eigenvalue weighted by Crippen LogP contribution is -2.45. The van der Waals surface area contributed by atoms with Gasteiger partial charge < -0.3 is 5.32 Å². The molecule has 0 saturated heterocycles. The quantitative estimate of drug-likeness (QED) is 0.331. The molecule has 0 bridgehead atoms. The van der Waals surface area contributed by atoms with Gasteiger partial charge in [-0.05, 0) is 49.6 Å². The minimum atomic E-state index is -1.01. The Morgan fingerprint density at radius 3 is 2.57 bits per heavy atom. The Hall–Kier alpha value is -4.40. The lowest BCUT2D eigenvalue weighted by Gasteiger charge is -2.31. The third-order valence-electron chi connectivity index (χ3n) is 6.03. The average molecular weight is 499 g/mol. The molecule has 2 aromatic carbocycles. The molecule has 0 spiro atoms. The van der Waals surface area contributed by atoms with Crippen LogP contribution in [0.5, 0.6) is 0 Å². The smallest absolute Gasteiger partial charge is 0.249 e. The van der Waals surface area contributed by atoms with Gasteiger partial charge in [-0.2, -0.15) is 0 Å². The number of Topliss-reactive ketones (excluding diaryl/α,β-unsaturated/α-hetero) is 1. The number of hydrogen-bond donors (Lipinski definition) is 1. The number of para-hydroxylation sites is 1. The first-order chi connectivity index (χ1) is 17.8. The highest BCUT2D eigenvalue weighted by atomic mass is 16.2. The van der Waals surface area contributed by atoms with E-state index in [1.807, 2.05) is 24.3 Å². The number of amides is 2. The topological polar surface area (TPSA) is 110 Å². The summed E-state index contributed by atoms with van der Waals surface area (Å²) in [4.78, 5) is 45.4. The van der Waals surface area contributed by atoms with Crippen molar-refractivity contribution < 1.29 is 14.4 Å². The van der Waals surface area contributed by atoms with Gasteiger partial charge in [0.1, 0.15) is 18.1 Å². The number of ketones is 1. The summed E-state index contributed by atoms with van der Waals surface area (Å²) in [7, 11) is 0. The first kappa shape index (κ1) is 25.7. The molecule has 37 heavy (non-hydrogen) atoms. The third-order valence-corrected chi connectivity index (χ3v) is 6.03. The van der Waals surface area contributed by atoms with Crippen molar-refractivity contribution in [3.05, 3.63) is 84.2 Å². The van der Waals surface area contributed by atoms with Gasteiger partial charge in [0.15, 0.2) is 5.78 Å². The molecule has 0 radical (unpaired) electrons. The van der Waals surface area contributed by atoms with Crippen LogP contribution in [0.15, 0.2) is 73.1 Å². The number of nitrogens with one attached hydrogen (secondary N) is 1. The minimum absolute atomic E-state index is 0.143. The molecule has 2 heterocycles. The third kappa shape index (κ3) is 6.06. The fourth-order valence-electron chi connectivity index (χ4n) is 4.09. The summed E-state index contributed by atoms with van der Waals surface area (Å²) in [5.74, 6) is -0.457. The van der Waals surface area contributed by atoms with Gasteiger partial charge >= 0.3 is 0 Å². The molecule has 2 amide bonds.